The van der Waals surface area contributed by atoms with E-state index in [9.17, 15) is 0 Å². The summed E-state index contributed by atoms with van der Waals surface area (Å²) in [6, 6.07) is 0.484. The Bertz CT molecular complexity index is 273. The van der Waals surface area contributed by atoms with Gasteiger partial charge in [-0.3, -0.25) is 4.68 Å². The molecule has 1 aromatic rings. The predicted octanol–water partition coefficient (Wildman–Crippen LogP) is 1.59. The Morgan fingerprint density at radius 2 is 2.40 bits per heavy atom. The molecule has 1 unspecified atom stereocenters. The molecule has 0 spiro atoms. The molecule has 0 saturated heterocycles. The van der Waals surface area contributed by atoms with Gasteiger partial charge in [-0.15, -0.1) is 0 Å². The minimum atomic E-state index is 0.484. The van der Waals surface area contributed by atoms with Crippen LogP contribution >= 0.6 is 0 Å². The van der Waals surface area contributed by atoms with Crippen molar-refractivity contribution in [1.82, 2.24) is 15.1 Å². The van der Waals surface area contributed by atoms with Crippen LogP contribution in [0.25, 0.3) is 0 Å². The predicted molar refractivity (Wildman–Crippen MR) is 60.8 cm³/mol. The summed E-state index contributed by atoms with van der Waals surface area (Å²) in [6.07, 6.45) is 5.14. The third-order valence-electron chi connectivity index (χ3n) is 2.51. The van der Waals surface area contributed by atoms with Gasteiger partial charge in [0.15, 0.2) is 0 Å². The van der Waals surface area contributed by atoms with Gasteiger partial charge in [0.05, 0.1) is 12.8 Å². The smallest absolute Gasteiger partial charge is 0.0587 e. The molecule has 0 aliphatic carbocycles. The lowest BCUT2D eigenvalue weighted by atomic mass is 10.3. The molecule has 1 aromatic heterocycles. The van der Waals surface area contributed by atoms with Gasteiger partial charge in [0.1, 0.15) is 0 Å². The fourth-order valence-electron chi connectivity index (χ4n) is 1.30. The van der Waals surface area contributed by atoms with E-state index < -0.39 is 0 Å². The maximum atomic E-state index is 4.96. The highest BCUT2D eigenvalue weighted by molar-refractivity contribution is 5.03. The topological polar surface area (TPSA) is 39.1 Å². The highest BCUT2D eigenvalue weighted by atomic mass is 16.5. The van der Waals surface area contributed by atoms with E-state index in [1.165, 1.54) is 5.56 Å². The van der Waals surface area contributed by atoms with Gasteiger partial charge < -0.3 is 10.1 Å². The van der Waals surface area contributed by atoms with Crippen LogP contribution in [-0.2, 0) is 11.3 Å². The van der Waals surface area contributed by atoms with Crippen LogP contribution in [0.5, 0.6) is 0 Å². The molecule has 0 aromatic carbocycles. The number of hydrogen-bond donors (Lipinski definition) is 1. The summed E-state index contributed by atoms with van der Waals surface area (Å²) in [5, 5.41) is 7.63. The quantitative estimate of drug-likeness (QED) is 0.696. The first-order valence-corrected chi connectivity index (χ1v) is 5.50. The molecule has 0 bridgehead atoms. The zero-order valence-corrected chi connectivity index (χ0v) is 9.86. The summed E-state index contributed by atoms with van der Waals surface area (Å²) in [5.41, 5.74) is 1.23. The molecular weight excluding hydrogens is 190 g/mol. The molecule has 0 fully saturated rings. The van der Waals surface area contributed by atoms with Crippen molar-refractivity contribution in [3.8, 4) is 0 Å². The van der Waals surface area contributed by atoms with E-state index in [-0.39, 0.29) is 0 Å². The molecule has 0 saturated carbocycles. The Morgan fingerprint density at radius 3 is 3.07 bits per heavy atom. The Kier molecular flexibility index (Phi) is 5.36. The Balaban J connectivity index is 2.33. The van der Waals surface area contributed by atoms with Gasteiger partial charge in [-0.05, 0) is 13.3 Å². The third-order valence-corrected chi connectivity index (χ3v) is 2.51. The van der Waals surface area contributed by atoms with Crippen LogP contribution in [0.1, 0.15) is 31.9 Å². The van der Waals surface area contributed by atoms with Gasteiger partial charge in [-0.25, -0.2) is 0 Å². The van der Waals surface area contributed by atoms with E-state index in [0.717, 1.165) is 26.1 Å². The summed E-state index contributed by atoms with van der Waals surface area (Å²) in [4.78, 5) is 0. The number of rotatable bonds is 7. The van der Waals surface area contributed by atoms with Crippen LogP contribution in [0.4, 0.5) is 0 Å². The molecule has 15 heavy (non-hydrogen) atoms. The van der Waals surface area contributed by atoms with E-state index in [0.29, 0.717) is 6.04 Å². The van der Waals surface area contributed by atoms with E-state index in [1.54, 1.807) is 7.11 Å². The highest BCUT2D eigenvalue weighted by Crippen LogP contribution is 2.09. The number of nitrogens with zero attached hydrogens (tertiary/aromatic N) is 2. The van der Waals surface area contributed by atoms with Gasteiger partial charge in [0.2, 0.25) is 0 Å². The van der Waals surface area contributed by atoms with Crippen LogP contribution in [0, 0.1) is 0 Å². The molecule has 1 N–H and O–H groups in total. The van der Waals surface area contributed by atoms with Crippen molar-refractivity contribution in [3.05, 3.63) is 18.0 Å². The SMILES string of the molecule is CCC(C)n1cc(CNCCOC)cn1. The molecule has 0 aliphatic rings. The van der Waals surface area contributed by atoms with Gasteiger partial charge in [-0.2, -0.15) is 5.10 Å². The molecule has 4 heteroatoms. The normalized spacial score (nSPS) is 13.0. The Hall–Kier alpha value is -0.870. The minimum absolute atomic E-state index is 0.484. The highest BCUT2D eigenvalue weighted by Gasteiger charge is 2.03. The first kappa shape index (κ1) is 12.2. The number of aromatic nitrogens is 2. The number of hydrogen-bond acceptors (Lipinski definition) is 3. The number of ether oxygens (including phenoxy) is 1. The maximum absolute atomic E-state index is 4.96. The van der Waals surface area contributed by atoms with Crippen LogP contribution in [0.3, 0.4) is 0 Å². The van der Waals surface area contributed by atoms with Crippen LogP contribution in [0.2, 0.25) is 0 Å². The van der Waals surface area contributed by atoms with Crippen molar-refractivity contribution in [1.29, 1.82) is 0 Å². The standard InChI is InChI=1S/C11H21N3O/c1-4-10(2)14-9-11(8-13-14)7-12-5-6-15-3/h8-10,12H,4-7H2,1-3H3. The first-order chi connectivity index (χ1) is 7.27. The second-order valence-electron chi connectivity index (χ2n) is 3.76. The lowest BCUT2D eigenvalue weighted by molar-refractivity contribution is 0.199. The second kappa shape index (κ2) is 6.58. The fraction of sp³-hybridized carbons (Fsp3) is 0.727. The molecule has 1 atom stereocenters. The third kappa shape index (κ3) is 4.01. The summed E-state index contributed by atoms with van der Waals surface area (Å²) < 4.78 is 6.98. The van der Waals surface area contributed by atoms with E-state index in [2.05, 4.69) is 30.5 Å². The largest absolute Gasteiger partial charge is 0.383 e. The van der Waals surface area contributed by atoms with Crippen LogP contribution in [-0.4, -0.2) is 30.0 Å². The van der Waals surface area contributed by atoms with Gasteiger partial charge in [0.25, 0.3) is 0 Å². The average molecular weight is 211 g/mol. The van der Waals surface area contributed by atoms with E-state index in [1.807, 2.05) is 10.9 Å². The van der Waals surface area contributed by atoms with Gasteiger partial charge >= 0.3 is 0 Å². The zero-order valence-electron chi connectivity index (χ0n) is 9.86. The number of methoxy groups -OCH3 is 1. The molecule has 0 aliphatic heterocycles. The van der Waals surface area contributed by atoms with Gasteiger partial charge in [0, 0.05) is 38.0 Å². The molecule has 1 rings (SSSR count). The molecule has 0 amide bonds. The first-order valence-electron chi connectivity index (χ1n) is 5.50. The lowest BCUT2D eigenvalue weighted by Crippen LogP contribution is -2.18. The number of nitrogens with one attached hydrogen (secondary N) is 1. The summed E-state index contributed by atoms with van der Waals surface area (Å²) in [7, 11) is 1.71. The van der Waals surface area contributed by atoms with Crippen molar-refractivity contribution in [2.45, 2.75) is 32.9 Å². The summed E-state index contributed by atoms with van der Waals surface area (Å²) in [5.74, 6) is 0. The fourth-order valence-corrected chi connectivity index (χ4v) is 1.30. The van der Waals surface area contributed by atoms with Gasteiger partial charge in [-0.1, -0.05) is 6.92 Å². The van der Waals surface area contributed by atoms with Crippen molar-refractivity contribution in [3.63, 3.8) is 0 Å². The lowest BCUT2D eigenvalue weighted by Gasteiger charge is -2.07. The molecule has 86 valence electrons. The van der Waals surface area contributed by atoms with Crippen molar-refractivity contribution in [2.24, 2.45) is 0 Å². The molecule has 4 nitrogen and oxygen atoms in total. The average Bonchev–Trinajstić information content (AvgIpc) is 2.72. The monoisotopic (exact) mass is 211 g/mol. The molecule has 0 radical (unpaired) electrons. The maximum Gasteiger partial charge on any atom is 0.0587 e. The Labute approximate surface area is 91.6 Å². The van der Waals surface area contributed by atoms with Crippen molar-refractivity contribution >= 4 is 0 Å². The van der Waals surface area contributed by atoms with E-state index >= 15 is 0 Å². The van der Waals surface area contributed by atoms with E-state index in [4.69, 9.17) is 4.74 Å². The second-order valence-corrected chi connectivity index (χ2v) is 3.76. The minimum Gasteiger partial charge on any atom is -0.383 e. The molecule has 1 heterocycles. The summed E-state index contributed by atoms with van der Waals surface area (Å²) >= 11 is 0. The van der Waals surface area contributed by atoms with Crippen molar-refractivity contribution < 1.29 is 4.74 Å². The van der Waals surface area contributed by atoms with Crippen molar-refractivity contribution in [2.75, 3.05) is 20.3 Å². The summed E-state index contributed by atoms with van der Waals surface area (Å²) in [6.45, 7) is 6.84. The Morgan fingerprint density at radius 1 is 1.60 bits per heavy atom. The van der Waals surface area contributed by atoms with Crippen LogP contribution in [0.15, 0.2) is 12.4 Å². The molecular formula is C11H21N3O. The zero-order chi connectivity index (χ0) is 11.1. The van der Waals surface area contributed by atoms with Crippen LogP contribution < -0.4 is 5.32 Å².